The number of nitrogens with zero attached hydrogens (tertiary/aromatic N) is 4. The van der Waals surface area contributed by atoms with Crippen LogP contribution in [0.15, 0.2) is 124 Å². The van der Waals surface area contributed by atoms with Crippen LogP contribution in [-0.2, 0) is 60.0 Å². The van der Waals surface area contributed by atoms with E-state index in [9.17, 15) is 119 Å². The van der Waals surface area contributed by atoms with Gasteiger partial charge in [0.2, 0.25) is 23.3 Å². The van der Waals surface area contributed by atoms with Crippen molar-refractivity contribution in [1.29, 1.82) is 0 Å². The van der Waals surface area contributed by atoms with Crippen molar-refractivity contribution in [3.8, 4) is 28.4 Å². The molecule has 4 aromatic carbocycles. The van der Waals surface area contributed by atoms with Crippen LogP contribution in [0.2, 0.25) is 0 Å². The maximum absolute atomic E-state index is 14.1. The molecule has 32 nitrogen and oxygen atoms in total. The van der Waals surface area contributed by atoms with Gasteiger partial charge >= 0.3 is 0 Å². The van der Waals surface area contributed by atoms with E-state index in [2.05, 4.69) is 11.9 Å². The fourth-order valence-corrected chi connectivity index (χ4v) is 17.6. The number of Topliss-reactive ketones (excluding diaryl/α,β-unsaturated/α-hetero) is 6. The first-order chi connectivity index (χ1) is 49.7. The van der Waals surface area contributed by atoms with Gasteiger partial charge in [-0.05, 0) is 133 Å². The van der Waals surface area contributed by atoms with E-state index in [0.717, 1.165) is 0 Å². The Labute approximate surface area is 609 Å². The van der Waals surface area contributed by atoms with Gasteiger partial charge in [-0.1, -0.05) is 43.0 Å². The number of phenolic OH excluding ortho intramolecular Hbond substituents is 3. The van der Waals surface area contributed by atoms with Crippen molar-refractivity contribution in [3.63, 3.8) is 0 Å². The van der Waals surface area contributed by atoms with E-state index in [1.165, 1.54) is 93.1 Å². The number of benzene rings is 4. The zero-order valence-electron chi connectivity index (χ0n) is 59.3. The number of primary amides is 3. The second-order valence-corrected chi connectivity index (χ2v) is 29.2. The van der Waals surface area contributed by atoms with Gasteiger partial charge in [-0.3, -0.25) is 62.6 Å². The molecule has 14 atom stereocenters. The molecule has 0 heterocycles. The highest BCUT2D eigenvalue weighted by atomic mass is 16.4. The van der Waals surface area contributed by atoms with Crippen molar-refractivity contribution in [2.24, 2.45) is 52.7 Å². The molecule has 3 fully saturated rings. The predicted molar refractivity (Wildman–Crippen MR) is 379 cm³/mol. The summed E-state index contributed by atoms with van der Waals surface area (Å²) in [5.74, 6) is -24.0. The molecule has 21 N–H and O–H groups in total. The average molecular weight is 1480 g/mol. The summed E-state index contributed by atoms with van der Waals surface area (Å²) in [5.41, 5.74) is 4.72. The third kappa shape index (κ3) is 10.9. The van der Waals surface area contributed by atoms with Gasteiger partial charge in [0.25, 0.3) is 17.7 Å². The zero-order chi connectivity index (χ0) is 79.5. The van der Waals surface area contributed by atoms with Crippen molar-refractivity contribution >= 4 is 92.6 Å². The minimum absolute atomic E-state index is 0.0000944. The molecule has 0 aliphatic heterocycles. The Morgan fingerprint density at radius 3 is 1.50 bits per heavy atom. The number of aliphatic hydroxyl groups is 11. The summed E-state index contributed by atoms with van der Waals surface area (Å²) in [7, 11) is 12.6. The standard InChI is InChI=1S/C31H34N4O8.C22H24N2O8.C22H22N2O8/c1-13(36)33-16-8-6-7-14(9-16)17-12-20(34(2)3)18-10-15-11-19-24(35(4)5)27(39)23(30(32)42)29(41)31(19,43)28(40)21(15)26(38)22(18)25(17)37;1-21(31)8-5-4-6-11(25)12(8)16(26)13-9(21)7-10-15(24(2)3)17(27)14(20(23)30)19(29)22(10,32)18(13)28;1-7-8-5-4-6-9(25)11(8)16(26)12-10(7)17(27)14-15(24(2)3)18(28)13(21(23)31)20(30)22(14,32)19(12)29/h6-9,12,15,19,24,37-38,41,43H,10-11H2,1-5H3,(H2,32,42)(H,33,36);4-6,9-10,15,25-26,29,31-32H,7H2,1-3H3,(H2,23,30);4-6,10,14-15,17,25-27,30,32H,1H2,2-3H3,(H2,23,31)/t15-,19-,24+,31-;9-,10-,15+,21+,22-;10-,14-,15-,17+,22+/m001/s1. The number of amides is 4. The molecule has 9 aliphatic rings. The van der Waals surface area contributed by atoms with Gasteiger partial charge in [0.15, 0.2) is 34.2 Å². The number of hydrogen-bond acceptors (Lipinski definition) is 28. The van der Waals surface area contributed by atoms with E-state index in [1.54, 1.807) is 63.4 Å². The van der Waals surface area contributed by atoms with Crippen LogP contribution in [0.5, 0.6) is 17.2 Å². The molecular weight excluding hydrogens is 1400 g/mol. The molecule has 0 aromatic heterocycles. The lowest BCUT2D eigenvalue weighted by molar-refractivity contribution is -0.166. The number of hydrogen-bond donors (Lipinski definition) is 18. The predicted octanol–water partition coefficient (Wildman–Crippen LogP) is 0.690. The number of ketones is 6. The van der Waals surface area contributed by atoms with Gasteiger partial charge in [-0.25, -0.2) is 0 Å². The Bertz CT molecular complexity index is 4960. The maximum atomic E-state index is 14.1. The summed E-state index contributed by atoms with van der Waals surface area (Å²) < 4.78 is 0. The summed E-state index contributed by atoms with van der Waals surface area (Å²) >= 11 is 0. The molecule has 0 bridgehead atoms. The molecule has 564 valence electrons. The van der Waals surface area contributed by atoms with Crippen molar-refractivity contribution in [1.82, 2.24) is 14.7 Å². The van der Waals surface area contributed by atoms with E-state index in [1.807, 2.05) is 0 Å². The minimum atomic E-state index is -2.94. The molecule has 13 rings (SSSR count). The summed E-state index contributed by atoms with van der Waals surface area (Å²) in [4.78, 5) is 134. The molecule has 107 heavy (non-hydrogen) atoms. The van der Waals surface area contributed by atoms with Crippen LogP contribution < -0.4 is 27.4 Å². The number of aromatic hydroxyl groups is 3. The molecule has 0 saturated heterocycles. The van der Waals surface area contributed by atoms with Crippen LogP contribution in [0, 0.1) is 35.5 Å². The Kier molecular flexibility index (Phi) is 18.9. The maximum Gasteiger partial charge on any atom is 0.255 e. The first-order valence-electron chi connectivity index (χ1n) is 33.4. The summed E-state index contributed by atoms with van der Waals surface area (Å²) in [6.45, 7) is 6.69. The van der Waals surface area contributed by atoms with Crippen LogP contribution in [0.1, 0.15) is 60.1 Å². The highest BCUT2D eigenvalue weighted by molar-refractivity contribution is 6.27. The number of nitrogens with two attached hydrogens (primary N) is 3. The molecule has 0 spiro atoms. The highest BCUT2D eigenvalue weighted by Gasteiger charge is 2.70. The SMILES string of the molecule is C=C1c2cccc(O)c2C(O)=C2C(=O)[C@]3(O)C(O)=C(C(N)=O)C(=O)[C@H](N(C)C)[C@@H]3[C@@H](O)[C@H]12.CC(=O)Nc1cccc(-c2cc(N(C)C)c3c(c2O)C(O)=C2C(=O)[C@]4(O)C(O)=C(C(N)=O)C(=O)[C@H](N(C)C)[C@@H]4C[C@@H]2C3)c1.CN(C)[C@H]1C(=O)C(C(N)=O)=C(O)[C@@]2(O)C(=O)C3=C(O)c4c(O)cccc4[C@@](C)(O)[C@H]3C[C@@H]12. The van der Waals surface area contributed by atoms with Gasteiger partial charge in [-0.15, -0.1) is 0 Å². The first kappa shape index (κ1) is 76.8. The zero-order valence-corrected chi connectivity index (χ0v) is 59.3. The summed E-state index contributed by atoms with van der Waals surface area (Å²) in [6, 6.07) is 13.3. The fraction of sp³-hybridized carbons (Fsp3) is 0.360. The second-order valence-electron chi connectivity index (χ2n) is 29.2. The largest absolute Gasteiger partial charge is 0.508 e. The van der Waals surface area contributed by atoms with Crippen LogP contribution in [0.3, 0.4) is 0 Å². The average Bonchev–Trinajstić information content (AvgIpc) is 0.693. The first-order valence-corrected chi connectivity index (χ1v) is 33.4. The number of carbonyl (C=O) groups is 10. The van der Waals surface area contributed by atoms with Crippen LogP contribution in [-0.4, -0.2) is 242 Å². The molecule has 4 aromatic rings. The molecule has 0 unspecified atom stereocenters. The van der Waals surface area contributed by atoms with Crippen molar-refractivity contribution in [2.45, 2.75) is 79.7 Å². The second kappa shape index (κ2) is 26.3. The summed E-state index contributed by atoms with van der Waals surface area (Å²) in [6.07, 6.45) is -1.72. The quantitative estimate of drug-likeness (QED) is 0.103. The lowest BCUT2D eigenvalue weighted by Crippen LogP contribution is -2.70. The Morgan fingerprint density at radius 2 is 0.991 bits per heavy atom. The number of nitrogens with one attached hydrogen (secondary N) is 1. The van der Waals surface area contributed by atoms with Crippen molar-refractivity contribution < 1.29 is 119 Å². The van der Waals surface area contributed by atoms with Gasteiger partial charge in [-0.2, -0.15) is 0 Å². The monoisotopic (exact) mass is 1480 g/mol. The Balaban J connectivity index is 0.000000163. The fourth-order valence-electron chi connectivity index (χ4n) is 17.6. The lowest BCUT2D eigenvalue weighted by atomic mass is 9.54. The molecule has 0 radical (unpaired) electrons. The third-order valence-corrected chi connectivity index (χ3v) is 22.3. The van der Waals surface area contributed by atoms with Crippen LogP contribution in [0.4, 0.5) is 11.4 Å². The van der Waals surface area contributed by atoms with Gasteiger partial charge < -0.3 is 98.9 Å². The van der Waals surface area contributed by atoms with Crippen LogP contribution in [0.25, 0.3) is 34.0 Å². The Morgan fingerprint density at radius 1 is 0.542 bits per heavy atom. The molecule has 9 aliphatic carbocycles. The van der Waals surface area contributed by atoms with Gasteiger partial charge in [0.1, 0.15) is 68.5 Å². The number of phenols is 3. The van der Waals surface area contributed by atoms with E-state index in [-0.39, 0.29) is 75.6 Å². The number of rotatable bonds is 9. The summed E-state index contributed by atoms with van der Waals surface area (Å²) in [5, 5.41) is 158. The molecule has 4 amide bonds. The molecular formula is C75H80N8O24. The van der Waals surface area contributed by atoms with E-state index in [4.69, 9.17) is 17.2 Å². The van der Waals surface area contributed by atoms with E-state index < -0.39 is 203 Å². The number of carbonyl (C=O) groups excluding carboxylic acids is 10. The molecule has 3 saturated carbocycles. The third-order valence-electron chi connectivity index (χ3n) is 22.3. The van der Waals surface area contributed by atoms with E-state index >= 15 is 0 Å². The Hall–Kier alpha value is -11.4. The smallest absolute Gasteiger partial charge is 0.255 e. The topological polar surface area (TPSA) is 557 Å². The number of aliphatic hydroxyl groups excluding tert-OH is 7. The molecule has 32 heteroatoms. The lowest BCUT2D eigenvalue weighted by Gasteiger charge is -2.53. The number of likely N-dealkylation sites (N-methyl/N-ethyl adjacent to an activating group) is 3. The normalized spacial score (nSPS) is 29.9. The minimum Gasteiger partial charge on any atom is -0.508 e. The van der Waals surface area contributed by atoms with Crippen molar-refractivity contribution in [2.75, 3.05) is 66.6 Å². The highest BCUT2D eigenvalue weighted by Crippen LogP contribution is 2.60. The van der Waals surface area contributed by atoms with Gasteiger partial charge in [0.05, 0.1) is 58.0 Å². The number of anilines is 2. The van der Waals surface area contributed by atoms with Crippen molar-refractivity contribution in [3.05, 3.63) is 157 Å². The number of fused-ring (bicyclic) bond motifs is 9. The van der Waals surface area contributed by atoms with Crippen LogP contribution >= 0.6 is 0 Å². The van der Waals surface area contributed by atoms with Gasteiger partial charge in [0, 0.05) is 72.8 Å². The van der Waals surface area contributed by atoms with E-state index in [0.29, 0.717) is 28.1 Å².